The van der Waals surface area contributed by atoms with Gasteiger partial charge in [0.05, 0.1) is 22.0 Å². The number of hydrogen-bond acceptors (Lipinski definition) is 4. The third kappa shape index (κ3) is 4.63. The van der Waals surface area contributed by atoms with Crippen LogP contribution < -0.4 is 0 Å². The molecule has 0 radical (unpaired) electrons. The van der Waals surface area contributed by atoms with Crippen molar-refractivity contribution < 1.29 is 4.42 Å². The van der Waals surface area contributed by atoms with E-state index in [2.05, 4.69) is 144 Å². The lowest BCUT2D eigenvalue weighted by atomic mass is 9.70. The fraction of sp³-hybridized carbons (Fsp3) is 0.0172. The van der Waals surface area contributed by atoms with Crippen LogP contribution in [-0.2, 0) is 5.41 Å². The van der Waals surface area contributed by atoms with Crippen LogP contribution in [0.2, 0.25) is 0 Å². The van der Waals surface area contributed by atoms with Gasteiger partial charge in [0.1, 0.15) is 11.2 Å². The molecule has 9 aromatic carbocycles. The van der Waals surface area contributed by atoms with Gasteiger partial charge in [-0.2, -0.15) is 0 Å². The molecule has 0 saturated heterocycles. The molecule has 2 aliphatic rings. The van der Waals surface area contributed by atoms with Crippen molar-refractivity contribution in [1.29, 1.82) is 0 Å². The Morgan fingerprint density at radius 3 is 1.63 bits per heavy atom. The van der Waals surface area contributed by atoms with Crippen LogP contribution in [0, 0.1) is 0 Å². The highest BCUT2D eigenvalue weighted by Gasteiger charge is 2.52. The number of benzene rings is 9. The Bertz CT molecular complexity index is 3760. The van der Waals surface area contributed by atoms with E-state index in [1.807, 2.05) is 66.7 Å². The lowest BCUT2D eigenvalue weighted by Gasteiger charge is -2.30. The molecule has 5 nitrogen and oxygen atoms in total. The number of hydrogen-bond donors (Lipinski definition) is 0. The van der Waals surface area contributed by atoms with E-state index in [0.29, 0.717) is 17.5 Å². The molecular weight excluding hydrogens is 769 g/mol. The first kappa shape index (κ1) is 34.3. The van der Waals surface area contributed by atoms with Crippen molar-refractivity contribution in [2.24, 2.45) is 0 Å². The molecule has 5 heteroatoms. The molecule has 0 bridgehead atoms. The van der Waals surface area contributed by atoms with Crippen molar-refractivity contribution in [1.82, 2.24) is 19.5 Å². The summed E-state index contributed by atoms with van der Waals surface area (Å²) in [4.78, 5) is 15.0. The first-order valence-electron chi connectivity index (χ1n) is 21.4. The topological polar surface area (TPSA) is 56.7 Å². The van der Waals surface area contributed by atoms with Gasteiger partial charge in [-0.15, -0.1) is 0 Å². The Kier molecular flexibility index (Phi) is 6.97. The van der Waals surface area contributed by atoms with E-state index in [0.717, 1.165) is 49.8 Å². The maximum atomic E-state index is 6.78. The molecule has 1 spiro atoms. The summed E-state index contributed by atoms with van der Waals surface area (Å²) < 4.78 is 9.21. The molecule has 3 aromatic heterocycles. The average Bonchev–Trinajstić information content (AvgIpc) is 4.08. The summed E-state index contributed by atoms with van der Waals surface area (Å²) in [7, 11) is 0. The molecule has 0 amide bonds. The highest BCUT2D eigenvalue weighted by molar-refractivity contribution is 6.19. The van der Waals surface area contributed by atoms with E-state index < -0.39 is 5.41 Å². The van der Waals surface area contributed by atoms with Crippen molar-refractivity contribution in [3.63, 3.8) is 0 Å². The number of nitrogens with zero attached hydrogens (tertiary/aromatic N) is 4. The van der Waals surface area contributed by atoms with Crippen LogP contribution in [0.5, 0.6) is 0 Å². The number of rotatable bonds is 4. The van der Waals surface area contributed by atoms with Gasteiger partial charge in [-0.3, -0.25) is 0 Å². The largest absolute Gasteiger partial charge is 0.455 e. The number of fused-ring (bicyclic) bond motifs is 17. The predicted molar refractivity (Wildman–Crippen MR) is 254 cm³/mol. The van der Waals surface area contributed by atoms with Crippen molar-refractivity contribution in [3.8, 4) is 62.1 Å². The summed E-state index contributed by atoms with van der Waals surface area (Å²) in [6.07, 6.45) is 0. The second-order valence-corrected chi connectivity index (χ2v) is 16.6. The third-order valence-corrected chi connectivity index (χ3v) is 13.5. The summed E-state index contributed by atoms with van der Waals surface area (Å²) in [5.74, 6) is 1.79. The third-order valence-electron chi connectivity index (χ3n) is 13.5. The van der Waals surface area contributed by atoms with Crippen molar-refractivity contribution >= 4 is 43.7 Å². The van der Waals surface area contributed by atoms with Gasteiger partial charge in [0.15, 0.2) is 17.5 Å². The van der Waals surface area contributed by atoms with E-state index >= 15 is 0 Å². The van der Waals surface area contributed by atoms with E-state index in [1.54, 1.807) is 0 Å². The molecule has 12 aromatic rings. The van der Waals surface area contributed by atoms with Gasteiger partial charge < -0.3 is 8.98 Å². The lowest BCUT2D eigenvalue weighted by molar-refractivity contribution is 0.669. The van der Waals surface area contributed by atoms with Crippen LogP contribution in [0.4, 0.5) is 0 Å². The Morgan fingerprint density at radius 1 is 0.381 bits per heavy atom. The smallest absolute Gasteiger partial charge is 0.167 e. The maximum Gasteiger partial charge on any atom is 0.167 e. The van der Waals surface area contributed by atoms with Gasteiger partial charge in [0, 0.05) is 38.4 Å². The van der Waals surface area contributed by atoms with Crippen LogP contribution in [0.3, 0.4) is 0 Å². The number of furan rings is 1. The predicted octanol–water partition coefficient (Wildman–Crippen LogP) is 14.2. The Balaban J connectivity index is 0.987. The minimum absolute atomic E-state index is 0.412. The zero-order valence-corrected chi connectivity index (χ0v) is 33.8. The molecule has 14 rings (SSSR count). The van der Waals surface area contributed by atoms with Crippen LogP contribution in [0.25, 0.3) is 106 Å². The molecular formula is C58H34N4O. The first-order chi connectivity index (χ1) is 31.3. The highest BCUT2D eigenvalue weighted by Crippen LogP contribution is 2.64. The maximum absolute atomic E-state index is 6.78. The summed E-state index contributed by atoms with van der Waals surface area (Å²) in [5.41, 5.74) is 17.8. The molecule has 2 aliphatic carbocycles. The van der Waals surface area contributed by atoms with Crippen LogP contribution in [0.15, 0.2) is 211 Å². The van der Waals surface area contributed by atoms with Gasteiger partial charge in [0.2, 0.25) is 0 Å². The Labute approximate surface area is 362 Å². The van der Waals surface area contributed by atoms with Gasteiger partial charge in [-0.1, -0.05) is 170 Å². The van der Waals surface area contributed by atoms with E-state index in [4.69, 9.17) is 19.4 Å². The van der Waals surface area contributed by atoms with Gasteiger partial charge in [-0.25, -0.2) is 15.0 Å². The van der Waals surface area contributed by atoms with Crippen LogP contribution >= 0.6 is 0 Å². The minimum Gasteiger partial charge on any atom is -0.455 e. The second-order valence-electron chi connectivity index (χ2n) is 16.6. The monoisotopic (exact) mass is 802 g/mol. The molecule has 3 heterocycles. The zero-order chi connectivity index (χ0) is 41.2. The first-order valence-corrected chi connectivity index (χ1v) is 21.4. The summed E-state index contributed by atoms with van der Waals surface area (Å²) >= 11 is 0. The van der Waals surface area contributed by atoms with Gasteiger partial charge in [0.25, 0.3) is 0 Å². The van der Waals surface area contributed by atoms with E-state index in [-0.39, 0.29) is 0 Å². The number of para-hydroxylation sites is 2. The van der Waals surface area contributed by atoms with Crippen molar-refractivity contribution in [2.75, 3.05) is 0 Å². The second kappa shape index (κ2) is 12.8. The van der Waals surface area contributed by atoms with Crippen molar-refractivity contribution in [3.05, 3.63) is 229 Å². The van der Waals surface area contributed by atoms with E-state index in [1.165, 1.54) is 60.8 Å². The molecule has 0 atom stereocenters. The highest BCUT2D eigenvalue weighted by atomic mass is 16.3. The molecule has 0 fully saturated rings. The molecule has 0 N–H and O–H groups in total. The van der Waals surface area contributed by atoms with Crippen molar-refractivity contribution in [2.45, 2.75) is 5.41 Å². The zero-order valence-electron chi connectivity index (χ0n) is 33.8. The lowest BCUT2D eigenvalue weighted by Crippen LogP contribution is -2.25. The Hall–Kier alpha value is -8.41. The van der Waals surface area contributed by atoms with E-state index in [9.17, 15) is 0 Å². The number of aromatic nitrogens is 4. The minimum atomic E-state index is -0.412. The van der Waals surface area contributed by atoms with Gasteiger partial charge in [-0.05, 0) is 80.9 Å². The Morgan fingerprint density at radius 2 is 0.937 bits per heavy atom. The summed E-state index contributed by atoms with van der Waals surface area (Å²) in [5, 5.41) is 4.53. The molecule has 0 unspecified atom stereocenters. The summed E-state index contributed by atoms with van der Waals surface area (Å²) in [6, 6.07) is 73.7. The standard InChI is InChI=1S/C58H34N4O/c1-3-16-35(17-4-1)55-59-56(36-18-5-2-6-19-36)61-57(60-55)43-25-15-24-40-44-34-37(30-33-51(44)63-54(40)43)62-49-29-14-10-23-42(49)53-50(62)32-31-48-52(53)41-22-9-13-28-47(41)58(48)45-26-11-7-20-38(45)39-21-8-12-27-46(39)58/h1-34H. The quantitative estimate of drug-likeness (QED) is 0.178. The molecule has 292 valence electrons. The normalized spacial score (nSPS) is 13.2. The molecule has 0 saturated carbocycles. The summed E-state index contributed by atoms with van der Waals surface area (Å²) in [6.45, 7) is 0. The fourth-order valence-corrected chi connectivity index (χ4v) is 11.0. The van der Waals surface area contributed by atoms with Gasteiger partial charge >= 0.3 is 0 Å². The average molecular weight is 803 g/mol. The SMILES string of the molecule is c1ccc(-c2nc(-c3ccccc3)nc(-c3cccc4c3oc3ccc(-n5c6ccccc6c6c7c(ccc65)C5(c6ccccc6-c6ccccc65)c5ccccc5-7)cc34)n2)cc1. The molecule has 63 heavy (non-hydrogen) atoms. The fourth-order valence-electron chi connectivity index (χ4n) is 11.0. The molecule has 0 aliphatic heterocycles. The van der Waals surface area contributed by atoms with Crippen LogP contribution in [-0.4, -0.2) is 19.5 Å². The van der Waals surface area contributed by atoms with Crippen LogP contribution in [0.1, 0.15) is 22.3 Å².